The van der Waals surface area contributed by atoms with Crippen LogP contribution in [0.4, 0.5) is 17.6 Å². The van der Waals surface area contributed by atoms with Crippen LogP contribution in [-0.2, 0) is 0 Å². The number of aromatic nitrogens is 2. The molecule has 0 amide bonds. The first kappa shape index (κ1) is 15.6. The average molecular weight is 341 g/mol. The van der Waals surface area contributed by atoms with Crippen LogP contribution in [0, 0.1) is 30.2 Å². The van der Waals surface area contributed by atoms with Crippen molar-refractivity contribution in [1.82, 2.24) is 9.55 Å². The van der Waals surface area contributed by atoms with Crippen molar-refractivity contribution in [2.45, 2.75) is 6.92 Å². The molecule has 0 unspecified atom stereocenters. The second kappa shape index (κ2) is 5.70. The summed E-state index contributed by atoms with van der Waals surface area (Å²) in [6.07, 6.45) is 0. The molecular weight excluding hydrogens is 332 g/mol. The molecule has 0 saturated carbocycles. The van der Waals surface area contributed by atoms with Gasteiger partial charge in [0.1, 0.15) is 29.1 Å². The zero-order valence-electron chi connectivity index (χ0n) is 11.7. The third-order valence-electron chi connectivity index (χ3n) is 3.31. The van der Waals surface area contributed by atoms with E-state index in [0.29, 0.717) is 23.6 Å². The van der Waals surface area contributed by atoms with Gasteiger partial charge in [0.05, 0.1) is 16.9 Å². The summed E-state index contributed by atoms with van der Waals surface area (Å²) in [6, 6.07) is 6.49. The van der Waals surface area contributed by atoms with Crippen molar-refractivity contribution in [3.63, 3.8) is 0 Å². The van der Waals surface area contributed by atoms with Crippen LogP contribution in [0.3, 0.4) is 0 Å². The number of halogens is 5. The predicted octanol–water partition coefficient (Wildman–Crippen LogP) is 5.06. The van der Waals surface area contributed by atoms with Gasteiger partial charge in [-0.05, 0) is 25.1 Å². The van der Waals surface area contributed by atoms with Gasteiger partial charge >= 0.3 is 0 Å². The standard InChI is InChI=1S/C16H9ClF4N2/c1-8-22-16(17)15(14-12(20)6-10(19)7-13(14)21)23(8)11-4-2-3-9(18)5-11/h2-7H,1H3. The van der Waals surface area contributed by atoms with Gasteiger partial charge in [-0.1, -0.05) is 17.7 Å². The maximum absolute atomic E-state index is 14.1. The number of rotatable bonds is 2. The fraction of sp³-hybridized carbons (Fsp3) is 0.0625. The summed E-state index contributed by atoms with van der Waals surface area (Å²) < 4.78 is 56.1. The number of nitrogens with zero attached hydrogens (tertiary/aromatic N) is 2. The predicted molar refractivity (Wildman–Crippen MR) is 78.6 cm³/mol. The number of hydrogen-bond acceptors (Lipinski definition) is 1. The summed E-state index contributed by atoms with van der Waals surface area (Å²) in [5, 5.41) is -0.170. The molecule has 0 aliphatic rings. The summed E-state index contributed by atoms with van der Waals surface area (Å²) in [6.45, 7) is 1.56. The molecule has 0 spiro atoms. The first-order chi connectivity index (χ1) is 10.9. The highest BCUT2D eigenvalue weighted by Crippen LogP contribution is 2.35. The van der Waals surface area contributed by atoms with Gasteiger partial charge in [-0.3, -0.25) is 4.57 Å². The molecule has 2 aromatic carbocycles. The fourth-order valence-corrected chi connectivity index (χ4v) is 2.71. The lowest BCUT2D eigenvalue weighted by atomic mass is 10.1. The van der Waals surface area contributed by atoms with Crippen LogP contribution in [0.1, 0.15) is 5.82 Å². The Bertz CT molecular complexity index is 882. The van der Waals surface area contributed by atoms with Crippen LogP contribution in [0.15, 0.2) is 36.4 Å². The van der Waals surface area contributed by atoms with Crippen LogP contribution in [0.2, 0.25) is 5.15 Å². The summed E-state index contributed by atoms with van der Waals surface area (Å²) in [5.41, 5.74) is -0.342. The first-order valence-electron chi connectivity index (χ1n) is 6.54. The smallest absolute Gasteiger partial charge is 0.155 e. The Morgan fingerprint density at radius 2 is 1.61 bits per heavy atom. The van der Waals surface area contributed by atoms with Gasteiger partial charge in [-0.25, -0.2) is 22.5 Å². The molecular formula is C16H9ClF4N2. The van der Waals surface area contributed by atoms with Gasteiger partial charge in [0.2, 0.25) is 0 Å². The molecule has 0 saturated heterocycles. The van der Waals surface area contributed by atoms with Crippen LogP contribution < -0.4 is 0 Å². The Balaban J connectivity index is 2.34. The molecule has 3 aromatic rings. The molecule has 0 aliphatic heterocycles. The zero-order valence-corrected chi connectivity index (χ0v) is 12.5. The van der Waals surface area contributed by atoms with E-state index >= 15 is 0 Å². The van der Waals surface area contributed by atoms with Gasteiger partial charge in [-0.2, -0.15) is 0 Å². The minimum atomic E-state index is -1.12. The van der Waals surface area contributed by atoms with E-state index in [1.165, 1.54) is 28.8 Å². The number of imidazole rings is 1. The Labute approximate surface area is 134 Å². The van der Waals surface area contributed by atoms with E-state index in [4.69, 9.17) is 11.6 Å². The average Bonchev–Trinajstić information content (AvgIpc) is 2.72. The van der Waals surface area contributed by atoms with E-state index in [1.54, 1.807) is 6.92 Å². The van der Waals surface area contributed by atoms with E-state index in [-0.39, 0.29) is 10.8 Å². The molecule has 23 heavy (non-hydrogen) atoms. The van der Waals surface area contributed by atoms with Crippen molar-refractivity contribution in [1.29, 1.82) is 0 Å². The zero-order chi connectivity index (χ0) is 16.7. The maximum atomic E-state index is 14.1. The van der Waals surface area contributed by atoms with E-state index in [1.807, 2.05) is 0 Å². The number of hydrogen-bond donors (Lipinski definition) is 0. The van der Waals surface area contributed by atoms with Gasteiger partial charge in [0.15, 0.2) is 5.15 Å². The second-order valence-electron chi connectivity index (χ2n) is 4.86. The van der Waals surface area contributed by atoms with E-state index in [2.05, 4.69) is 4.98 Å². The molecule has 0 N–H and O–H groups in total. The maximum Gasteiger partial charge on any atom is 0.155 e. The van der Waals surface area contributed by atoms with E-state index in [9.17, 15) is 17.6 Å². The Morgan fingerprint density at radius 3 is 2.22 bits per heavy atom. The SMILES string of the molecule is Cc1nc(Cl)c(-c2c(F)cc(F)cc2F)n1-c1cccc(F)c1. The Hall–Kier alpha value is -2.34. The number of aryl methyl sites for hydroxylation is 1. The summed E-state index contributed by atoms with van der Waals surface area (Å²) in [7, 11) is 0. The molecule has 0 bridgehead atoms. The minimum Gasteiger partial charge on any atom is -0.295 e. The van der Waals surface area contributed by atoms with Gasteiger partial charge in [0.25, 0.3) is 0 Å². The molecule has 0 atom stereocenters. The Morgan fingerprint density at radius 1 is 0.957 bits per heavy atom. The normalized spacial score (nSPS) is 11.0. The molecule has 3 rings (SSSR count). The second-order valence-corrected chi connectivity index (χ2v) is 5.22. The van der Waals surface area contributed by atoms with Gasteiger partial charge < -0.3 is 0 Å². The molecule has 1 heterocycles. The fourth-order valence-electron chi connectivity index (χ4n) is 2.41. The van der Waals surface area contributed by atoms with Crippen LogP contribution in [0.25, 0.3) is 16.9 Å². The van der Waals surface area contributed by atoms with E-state index < -0.39 is 28.8 Å². The van der Waals surface area contributed by atoms with Crippen molar-refractivity contribution >= 4 is 11.6 Å². The summed E-state index contributed by atoms with van der Waals surface area (Å²) in [5.74, 6) is -3.52. The molecule has 0 aliphatic carbocycles. The molecule has 2 nitrogen and oxygen atoms in total. The lowest BCUT2D eigenvalue weighted by Crippen LogP contribution is -2.03. The largest absolute Gasteiger partial charge is 0.295 e. The molecule has 0 radical (unpaired) electrons. The molecule has 7 heteroatoms. The van der Waals surface area contributed by atoms with Crippen molar-refractivity contribution in [3.05, 3.63) is 70.6 Å². The monoisotopic (exact) mass is 340 g/mol. The third kappa shape index (κ3) is 2.70. The summed E-state index contributed by atoms with van der Waals surface area (Å²) >= 11 is 6.01. The van der Waals surface area contributed by atoms with Crippen molar-refractivity contribution < 1.29 is 17.6 Å². The molecule has 1 aromatic heterocycles. The van der Waals surface area contributed by atoms with Crippen LogP contribution in [-0.4, -0.2) is 9.55 Å². The minimum absolute atomic E-state index is 0.107. The van der Waals surface area contributed by atoms with Crippen molar-refractivity contribution in [2.75, 3.05) is 0 Å². The topological polar surface area (TPSA) is 17.8 Å². The van der Waals surface area contributed by atoms with Crippen LogP contribution >= 0.6 is 11.6 Å². The first-order valence-corrected chi connectivity index (χ1v) is 6.92. The highest BCUT2D eigenvalue weighted by atomic mass is 35.5. The quantitative estimate of drug-likeness (QED) is 0.596. The highest BCUT2D eigenvalue weighted by Gasteiger charge is 2.23. The molecule has 0 fully saturated rings. The van der Waals surface area contributed by atoms with Crippen molar-refractivity contribution in [2.24, 2.45) is 0 Å². The lowest BCUT2D eigenvalue weighted by Gasteiger charge is -2.12. The number of benzene rings is 2. The van der Waals surface area contributed by atoms with Crippen molar-refractivity contribution in [3.8, 4) is 16.9 Å². The Kier molecular flexibility index (Phi) is 3.85. The van der Waals surface area contributed by atoms with Gasteiger partial charge in [0, 0.05) is 12.1 Å². The molecule has 118 valence electrons. The van der Waals surface area contributed by atoms with Gasteiger partial charge in [-0.15, -0.1) is 0 Å². The highest BCUT2D eigenvalue weighted by molar-refractivity contribution is 6.32. The lowest BCUT2D eigenvalue weighted by molar-refractivity contribution is 0.547. The van der Waals surface area contributed by atoms with E-state index in [0.717, 1.165) is 0 Å². The summed E-state index contributed by atoms with van der Waals surface area (Å²) in [4.78, 5) is 3.98. The third-order valence-corrected chi connectivity index (χ3v) is 3.58. The van der Waals surface area contributed by atoms with Crippen LogP contribution in [0.5, 0.6) is 0 Å².